The maximum absolute atomic E-state index is 4.82. The third-order valence-corrected chi connectivity index (χ3v) is 5.40. The monoisotopic (exact) mass is 320 g/mol. The Bertz CT molecular complexity index is 461. The van der Waals surface area contributed by atoms with E-state index in [0.717, 1.165) is 38.6 Å². The number of hydrogen-bond donors (Lipinski definition) is 1. The van der Waals surface area contributed by atoms with E-state index in [0.29, 0.717) is 11.2 Å². The summed E-state index contributed by atoms with van der Waals surface area (Å²) < 4.78 is 0. The van der Waals surface area contributed by atoms with Gasteiger partial charge in [-0.1, -0.05) is 19.9 Å². The Morgan fingerprint density at radius 1 is 1.55 bits per heavy atom. The standard InChI is InChI=1S/C17H28N4S/c1-4-19-17(20-9-7-15-6-5-8-18-12-15)21-10-11-22-16(13-21)14(2)3/h5-6,8,12,14,16H,4,7,9-11,13H2,1-3H3,(H,19,20). The summed E-state index contributed by atoms with van der Waals surface area (Å²) in [4.78, 5) is 11.4. The van der Waals surface area contributed by atoms with Crippen LogP contribution in [0, 0.1) is 5.92 Å². The Morgan fingerprint density at radius 2 is 2.41 bits per heavy atom. The van der Waals surface area contributed by atoms with E-state index in [2.05, 4.69) is 53.8 Å². The summed E-state index contributed by atoms with van der Waals surface area (Å²) in [5.74, 6) is 2.97. The molecule has 0 aliphatic carbocycles. The molecule has 0 aromatic carbocycles. The maximum Gasteiger partial charge on any atom is 0.193 e. The third kappa shape index (κ3) is 5.20. The van der Waals surface area contributed by atoms with Gasteiger partial charge in [0, 0.05) is 49.6 Å². The molecular formula is C17H28N4S. The lowest BCUT2D eigenvalue weighted by Crippen LogP contribution is -2.49. The van der Waals surface area contributed by atoms with Crippen LogP contribution in [0.3, 0.4) is 0 Å². The Morgan fingerprint density at radius 3 is 3.09 bits per heavy atom. The molecule has 1 aliphatic heterocycles. The normalized spacial score (nSPS) is 19.5. The van der Waals surface area contributed by atoms with E-state index < -0.39 is 0 Å². The highest BCUT2D eigenvalue weighted by molar-refractivity contribution is 8.00. The first-order valence-corrected chi connectivity index (χ1v) is 9.29. The Hall–Kier alpha value is -1.23. The summed E-state index contributed by atoms with van der Waals surface area (Å²) in [5, 5.41) is 4.15. The molecule has 1 fully saturated rings. The van der Waals surface area contributed by atoms with Crippen molar-refractivity contribution >= 4 is 17.7 Å². The van der Waals surface area contributed by atoms with Crippen molar-refractivity contribution in [1.29, 1.82) is 0 Å². The fourth-order valence-electron chi connectivity index (χ4n) is 2.53. The third-order valence-electron chi connectivity index (χ3n) is 3.86. The van der Waals surface area contributed by atoms with Gasteiger partial charge < -0.3 is 10.2 Å². The summed E-state index contributed by atoms with van der Waals surface area (Å²) in [5.41, 5.74) is 1.25. The summed E-state index contributed by atoms with van der Waals surface area (Å²) in [6.07, 6.45) is 4.68. The lowest BCUT2D eigenvalue weighted by molar-refractivity contribution is 0.381. The van der Waals surface area contributed by atoms with E-state index in [1.807, 2.05) is 18.5 Å². The van der Waals surface area contributed by atoms with Gasteiger partial charge in [-0.2, -0.15) is 11.8 Å². The first-order valence-electron chi connectivity index (χ1n) is 8.24. The van der Waals surface area contributed by atoms with Crippen molar-refractivity contribution in [3.8, 4) is 0 Å². The van der Waals surface area contributed by atoms with Gasteiger partial charge in [0.1, 0.15) is 0 Å². The van der Waals surface area contributed by atoms with Gasteiger partial charge >= 0.3 is 0 Å². The van der Waals surface area contributed by atoms with Crippen LogP contribution in [0.5, 0.6) is 0 Å². The zero-order valence-electron chi connectivity index (χ0n) is 14.0. The minimum absolute atomic E-state index is 0.705. The molecule has 0 saturated carbocycles. The van der Waals surface area contributed by atoms with Gasteiger partial charge in [-0.25, -0.2) is 0 Å². The first kappa shape index (κ1) is 17.1. The quantitative estimate of drug-likeness (QED) is 0.669. The van der Waals surface area contributed by atoms with E-state index in [1.54, 1.807) is 0 Å². The van der Waals surface area contributed by atoms with E-state index in [4.69, 9.17) is 4.99 Å². The Balaban J connectivity index is 1.94. The van der Waals surface area contributed by atoms with Crippen LogP contribution in [0.1, 0.15) is 26.3 Å². The summed E-state index contributed by atoms with van der Waals surface area (Å²) >= 11 is 2.10. The van der Waals surface area contributed by atoms with Crippen LogP contribution >= 0.6 is 11.8 Å². The van der Waals surface area contributed by atoms with Crippen molar-refractivity contribution in [2.24, 2.45) is 10.9 Å². The molecule has 2 rings (SSSR count). The van der Waals surface area contributed by atoms with Crippen LogP contribution in [0.4, 0.5) is 0 Å². The molecule has 0 amide bonds. The van der Waals surface area contributed by atoms with Crippen molar-refractivity contribution in [2.45, 2.75) is 32.4 Å². The fraction of sp³-hybridized carbons (Fsp3) is 0.647. The van der Waals surface area contributed by atoms with Gasteiger partial charge in [0.05, 0.1) is 0 Å². The number of aromatic nitrogens is 1. The van der Waals surface area contributed by atoms with Crippen LogP contribution in [-0.4, -0.2) is 53.0 Å². The molecular weight excluding hydrogens is 292 g/mol. The van der Waals surface area contributed by atoms with Crippen LogP contribution in [0.2, 0.25) is 0 Å². The number of aliphatic imine (C=N–C) groups is 1. The minimum atomic E-state index is 0.705. The minimum Gasteiger partial charge on any atom is -0.357 e. The average molecular weight is 321 g/mol. The second kappa shape index (κ2) is 9.03. The molecule has 1 saturated heterocycles. The molecule has 22 heavy (non-hydrogen) atoms. The number of nitrogens with zero attached hydrogens (tertiary/aromatic N) is 3. The van der Waals surface area contributed by atoms with Crippen LogP contribution in [0.15, 0.2) is 29.5 Å². The highest BCUT2D eigenvalue weighted by Crippen LogP contribution is 2.24. The van der Waals surface area contributed by atoms with Crippen molar-refractivity contribution in [1.82, 2.24) is 15.2 Å². The molecule has 1 aromatic heterocycles. The number of pyridine rings is 1. The Kier molecular flexibility index (Phi) is 7.03. The zero-order chi connectivity index (χ0) is 15.8. The number of rotatable bonds is 5. The molecule has 4 nitrogen and oxygen atoms in total. The molecule has 2 heterocycles. The van der Waals surface area contributed by atoms with Crippen molar-refractivity contribution in [3.05, 3.63) is 30.1 Å². The summed E-state index contributed by atoms with van der Waals surface area (Å²) in [6.45, 7) is 10.7. The zero-order valence-corrected chi connectivity index (χ0v) is 14.8. The van der Waals surface area contributed by atoms with Gasteiger partial charge in [-0.15, -0.1) is 0 Å². The molecule has 122 valence electrons. The van der Waals surface area contributed by atoms with Gasteiger partial charge in [-0.05, 0) is 30.9 Å². The number of hydrogen-bond acceptors (Lipinski definition) is 3. The molecule has 1 aliphatic rings. The maximum atomic E-state index is 4.82. The van der Waals surface area contributed by atoms with E-state index >= 15 is 0 Å². The van der Waals surface area contributed by atoms with Crippen LogP contribution in [0.25, 0.3) is 0 Å². The largest absolute Gasteiger partial charge is 0.357 e. The Labute approximate surface area is 138 Å². The second-order valence-corrected chi connectivity index (χ2v) is 7.29. The molecule has 1 atom stereocenters. The highest BCUT2D eigenvalue weighted by atomic mass is 32.2. The van der Waals surface area contributed by atoms with Crippen LogP contribution in [-0.2, 0) is 6.42 Å². The predicted octanol–water partition coefficient (Wildman–Crippen LogP) is 2.66. The topological polar surface area (TPSA) is 40.5 Å². The summed E-state index contributed by atoms with van der Waals surface area (Å²) in [7, 11) is 0. The average Bonchev–Trinajstić information content (AvgIpc) is 2.55. The number of nitrogens with one attached hydrogen (secondary N) is 1. The molecule has 1 N–H and O–H groups in total. The second-order valence-electron chi connectivity index (χ2n) is 5.95. The summed E-state index contributed by atoms with van der Waals surface area (Å²) in [6, 6.07) is 4.10. The van der Waals surface area contributed by atoms with Gasteiger partial charge in [0.15, 0.2) is 5.96 Å². The van der Waals surface area contributed by atoms with E-state index in [-0.39, 0.29) is 0 Å². The van der Waals surface area contributed by atoms with Crippen molar-refractivity contribution in [2.75, 3.05) is 31.9 Å². The molecule has 0 spiro atoms. The van der Waals surface area contributed by atoms with Gasteiger partial charge in [0.25, 0.3) is 0 Å². The lowest BCUT2D eigenvalue weighted by Gasteiger charge is -2.36. The van der Waals surface area contributed by atoms with E-state index in [1.165, 1.54) is 11.3 Å². The molecule has 0 radical (unpaired) electrons. The van der Waals surface area contributed by atoms with Crippen molar-refractivity contribution < 1.29 is 0 Å². The SMILES string of the molecule is CCNC(=NCCc1cccnc1)N1CCSC(C(C)C)C1. The number of guanidine groups is 1. The predicted molar refractivity (Wildman–Crippen MR) is 96.6 cm³/mol. The van der Waals surface area contributed by atoms with E-state index in [9.17, 15) is 0 Å². The van der Waals surface area contributed by atoms with Crippen LogP contribution < -0.4 is 5.32 Å². The molecule has 1 unspecified atom stereocenters. The molecule has 0 bridgehead atoms. The number of thioether (sulfide) groups is 1. The first-order chi connectivity index (χ1) is 10.7. The molecule has 1 aromatic rings. The van der Waals surface area contributed by atoms with Gasteiger partial charge in [0.2, 0.25) is 0 Å². The van der Waals surface area contributed by atoms with Gasteiger partial charge in [-0.3, -0.25) is 9.98 Å². The van der Waals surface area contributed by atoms with Crippen molar-refractivity contribution in [3.63, 3.8) is 0 Å². The highest BCUT2D eigenvalue weighted by Gasteiger charge is 2.24. The lowest BCUT2D eigenvalue weighted by atomic mass is 10.1. The molecule has 5 heteroatoms. The fourth-order valence-corrected chi connectivity index (χ4v) is 3.83. The smallest absolute Gasteiger partial charge is 0.193 e.